The van der Waals surface area contributed by atoms with Crippen LogP contribution in [0.25, 0.3) is 50.2 Å². The van der Waals surface area contributed by atoms with Crippen molar-refractivity contribution >= 4 is 32.8 Å². The Hall–Kier alpha value is -5.75. The molecule has 0 bridgehead atoms. The number of ether oxygens (including phenoxy) is 1. The molecule has 6 nitrogen and oxygen atoms in total. The molecule has 272 valence electrons. The smallest absolute Gasteiger partial charge is 0.271 e. The Morgan fingerprint density at radius 1 is 0.630 bits per heavy atom. The van der Waals surface area contributed by atoms with E-state index in [1.807, 2.05) is 73.9 Å². The maximum absolute atomic E-state index is 8.96. The molecule has 0 unspecified atom stereocenters. The molecule has 0 fully saturated rings. The monoisotopic (exact) mass is 713 g/mol. The normalized spacial score (nSPS) is 13.4. The fraction of sp³-hybridized carbons (Fsp3) is 0.271. The molecule has 0 spiro atoms. The molecule has 0 N–H and O–H groups in total. The van der Waals surface area contributed by atoms with Crippen molar-refractivity contribution in [2.45, 2.75) is 79.5 Å². The topological polar surface area (TPSA) is 48.8 Å². The minimum atomic E-state index is -1.57. The summed E-state index contributed by atoms with van der Waals surface area (Å²) < 4.78 is 30.7. The fourth-order valence-electron chi connectivity index (χ4n) is 7.06. The number of benzene rings is 4. The summed E-state index contributed by atoms with van der Waals surface area (Å²) in [4.78, 5) is 9.55. The van der Waals surface area contributed by atoms with Gasteiger partial charge in [0, 0.05) is 38.0 Å². The van der Waals surface area contributed by atoms with Crippen LogP contribution in [0.2, 0.25) is 0 Å². The molecule has 8 aromatic rings. The molecule has 0 atom stereocenters. The van der Waals surface area contributed by atoms with Crippen LogP contribution in [0.5, 0.6) is 11.5 Å². The van der Waals surface area contributed by atoms with E-state index in [9.17, 15) is 0 Å². The maximum atomic E-state index is 8.96. The Morgan fingerprint density at radius 3 is 1.98 bits per heavy atom. The van der Waals surface area contributed by atoms with Crippen LogP contribution >= 0.6 is 0 Å². The van der Waals surface area contributed by atoms with Crippen molar-refractivity contribution in [2.75, 3.05) is 0 Å². The van der Waals surface area contributed by atoms with E-state index < -0.39 is 11.8 Å². The average Bonchev–Trinajstić information content (AvgIpc) is 3.70. The number of hydrogen-bond acceptors (Lipinski definition) is 3. The summed E-state index contributed by atoms with van der Waals surface area (Å²) in [6, 6.07) is 37.0. The van der Waals surface area contributed by atoms with Crippen LogP contribution in [-0.4, -0.2) is 19.1 Å². The Labute approximate surface area is 321 Å². The lowest BCUT2D eigenvalue weighted by atomic mass is 9.80. The van der Waals surface area contributed by atoms with E-state index in [4.69, 9.17) is 17.4 Å². The van der Waals surface area contributed by atoms with Gasteiger partial charge in [-0.15, -0.1) is 0 Å². The predicted octanol–water partition coefficient (Wildman–Crippen LogP) is 11.6. The zero-order valence-corrected chi connectivity index (χ0v) is 32.7. The molecular weight excluding hydrogens is 663 g/mol. The third kappa shape index (κ3) is 6.77. The van der Waals surface area contributed by atoms with Crippen molar-refractivity contribution in [3.63, 3.8) is 0 Å². The van der Waals surface area contributed by atoms with Crippen molar-refractivity contribution in [1.82, 2.24) is 19.1 Å². The second-order valence-corrected chi connectivity index (χ2v) is 17.3. The van der Waals surface area contributed by atoms with E-state index in [-0.39, 0.29) is 10.8 Å². The van der Waals surface area contributed by atoms with Gasteiger partial charge in [0.25, 0.3) is 6.33 Å². The van der Waals surface area contributed by atoms with Crippen molar-refractivity contribution in [2.24, 2.45) is 5.41 Å². The van der Waals surface area contributed by atoms with Gasteiger partial charge < -0.3 is 4.74 Å². The van der Waals surface area contributed by atoms with Crippen molar-refractivity contribution in [1.29, 1.82) is 0 Å². The highest BCUT2D eigenvalue weighted by atomic mass is 16.5. The predicted molar refractivity (Wildman–Crippen MR) is 221 cm³/mol. The molecule has 0 aliphatic rings. The molecule has 6 heteroatoms. The van der Waals surface area contributed by atoms with Crippen LogP contribution in [-0.2, 0) is 17.2 Å². The lowest BCUT2D eigenvalue weighted by Crippen LogP contribution is -2.31. The van der Waals surface area contributed by atoms with Crippen LogP contribution in [0.3, 0.4) is 0 Å². The second-order valence-electron chi connectivity index (χ2n) is 17.3. The van der Waals surface area contributed by atoms with Gasteiger partial charge in [-0.2, -0.15) is 0 Å². The standard InChI is InChI=1S/C48H49N5O/c1-46(2,3)30-32-20-22-50-45(24-32)53-40-15-11-10-14-38(40)39-19-18-36(28-43(39)53)54-37-21-23-49-44(29-37)52-31-51(41-16-12-13-17-42(41)52)35-26-33(47(4,5)6)25-34(27-35)48(7,8)9/h10-29H,30H2,1-9H3/i30D2. The summed E-state index contributed by atoms with van der Waals surface area (Å²) in [5, 5.41) is 2.13. The maximum Gasteiger partial charge on any atom is 0.271 e. The van der Waals surface area contributed by atoms with Crippen LogP contribution in [0.4, 0.5) is 0 Å². The molecule has 0 saturated carbocycles. The van der Waals surface area contributed by atoms with Gasteiger partial charge in [0.05, 0.1) is 27.8 Å². The molecule has 0 saturated heterocycles. The molecular formula is C48H49N5O. The lowest BCUT2D eigenvalue weighted by molar-refractivity contribution is -0.572. The molecule has 0 amide bonds. The van der Waals surface area contributed by atoms with E-state index in [1.54, 1.807) is 18.5 Å². The first-order valence-electron chi connectivity index (χ1n) is 19.7. The first-order valence-corrected chi connectivity index (χ1v) is 18.7. The Kier molecular flexibility index (Phi) is 7.90. The summed E-state index contributed by atoms with van der Waals surface area (Å²) in [5.74, 6) is 2.63. The molecule has 0 aliphatic carbocycles. The van der Waals surface area contributed by atoms with Gasteiger partial charge in [-0.1, -0.05) is 111 Å². The minimum absolute atomic E-state index is 0.0257. The van der Waals surface area contributed by atoms with Crippen LogP contribution in [0.1, 0.15) is 81.7 Å². The van der Waals surface area contributed by atoms with Gasteiger partial charge in [0.1, 0.15) is 17.3 Å². The summed E-state index contributed by atoms with van der Waals surface area (Å²) >= 11 is 0. The van der Waals surface area contributed by atoms with Crippen molar-refractivity contribution in [3.05, 3.63) is 145 Å². The molecule has 8 rings (SSSR count). The largest absolute Gasteiger partial charge is 0.458 e. The Bertz CT molecular complexity index is 2740. The number of nitrogens with zero attached hydrogens (tertiary/aromatic N) is 5. The third-order valence-electron chi connectivity index (χ3n) is 9.79. The summed E-state index contributed by atoms with van der Waals surface area (Å²) in [7, 11) is 0. The zero-order chi connectivity index (χ0) is 39.8. The van der Waals surface area contributed by atoms with Gasteiger partial charge in [0.2, 0.25) is 0 Å². The second kappa shape index (κ2) is 13.0. The minimum Gasteiger partial charge on any atom is -0.458 e. The number of fused-ring (bicyclic) bond motifs is 4. The van der Waals surface area contributed by atoms with Crippen molar-refractivity contribution in [3.8, 4) is 28.8 Å². The molecule has 4 heterocycles. The van der Waals surface area contributed by atoms with Crippen LogP contribution < -0.4 is 9.30 Å². The number of aromatic nitrogens is 5. The molecule has 0 radical (unpaired) electrons. The lowest BCUT2D eigenvalue weighted by Gasteiger charge is -2.26. The number of rotatable bonds is 6. The molecule has 0 aliphatic heterocycles. The first-order chi connectivity index (χ1) is 26.4. The summed E-state index contributed by atoms with van der Waals surface area (Å²) in [6.07, 6.45) is 5.54. The molecule has 54 heavy (non-hydrogen) atoms. The van der Waals surface area contributed by atoms with E-state index in [0.717, 1.165) is 38.5 Å². The third-order valence-corrected chi connectivity index (χ3v) is 9.79. The van der Waals surface area contributed by atoms with E-state index in [0.29, 0.717) is 28.7 Å². The van der Waals surface area contributed by atoms with Gasteiger partial charge in [0.15, 0.2) is 5.82 Å². The number of pyridine rings is 2. The van der Waals surface area contributed by atoms with Gasteiger partial charge in [-0.05, 0) is 87.8 Å². The quantitative estimate of drug-likeness (QED) is 0.127. The number of hydrogen-bond donors (Lipinski definition) is 0. The number of para-hydroxylation sites is 3. The zero-order valence-electron chi connectivity index (χ0n) is 34.7. The average molecular weight is 714 g/mol. The number of imidazole rings is 1. The Morgan fingerprint density at radius 2 is 1.26 bits per heavy atom. The SMILES string of the molecule is [2H]C([2H])(c1ccnc(-n2c3ccccc3c3ccc(Oc4ccnc(-n5[c-][n+](-c6cc(C(C)(C)C)cc(C(C)(C)C)c6)c6ccccc65)c4)cc32)c1)C(C)(C)C. The van der Waals surface area contributed by atoms with Gasteiger partial charge in [-0.3, -0.25) is 18.7 Å². The highest BCUT2D eigenvalue weighted by molar-refractivity contribution is 6.09. The van der Waals surface area contributed by atoms with Crippen molar-refractivity contribution < 1.29 is 12.0 Å². The Balaban J connectivity index is 1.20. The summed E-state index contributed by atoms with van der Waals surface area (Å²) in [5.41, 5.74) is 7.44. The van der Waals surface area contributed by atoms with Gasteiger partial charge in [-0.25, -0.2) is 4.98 Å². The highest BCUT2D eigenvalue weighted by Gasteiger charge is 2.23. The highest BCUT2D eigenvalue weighted by Crippen LogP contribution is 2.36. The fourth-order valence-corrected chi connectivity index (χ4v) is 7.06. The molecule has 4 aromatic carbocycles. The van der Waals surface area contributed by atoms with Crippen LogP contribution in [0.15, 0.2) is 122 Å². The van der Waals surface area contributed by atoms with E-state index in [2.05, 4.69) is 112 Å². The van der Waals surface area contributed by atoms with Gasteiger partial charge >= 0.3 is 0 Å². The summed E-state index contributed by atoms with van der Waals surface area (Å²) in [6.45, 7) is 19.3. The molecule has 4 aromatic heterocycles. The first kappa shape index (κ1) is 32.9. The van der Waals surface area contributed by atoms with E-state index >= 15 is 0 Å². The van der Waals surface area contributed by atoms with Crippen LogP contribution in [0, 0.1) is 11.7 Å². The van der Waals surface area contributed by atoms with E-state index in [1.165, 1.54) is 11.1 Å².